The van der Waals surface area contributed by atoms with Gasteiger partial charge in [0.2, 0.25) is 0 Å². The molecule has 4 heteroatoms. The van der Waals surface area contributed by atoms with E-state index < -0.39 is 8.60 Å². The van der Waals surface area contributed by atoms with Crippen LogP contribution in [0.2, 0.25) is 0 Å². The highest BCUT2D eigenvalue weighted by molar-refractivity contribution is 7.42. The molecular weight excluding hydrogens is 511 g/mol. The molecule has 0 spiro atoms. The van der Waals surface area contributed by atoms with Gasteiger partial charge in [-0.3, -0.25) is 4.52 Å². The van der Waals surface area contributed by atoms with E-state index in [9.17, 15) is 0 Å². The highest BCUT2D eigenvalue weighted by Crippen LogP contribution is 2.55. The highest BCUT2D eigenvalue weighted by Gasteiger charge is 2.39. The summed E-state index contributed by atoms with van der Waals surface area (Å²) < 4.78 is 20.4. The van der Waals surface area contributed by atoms with Gasteiger partial charge in [0.05, 0.1) is 12.7 Å². The number of benzene rings is 1. The van der Waals surface area contributed by atoms with Crippen LogP contribution in [0.3, 0.4) is 0 Å². The van der Waals surface area contributed by atoms with E-state index in [1.54, 1.807) is 0 Å². The van der Waals surface area contributed by atoms with Crippen LogP contribution in [0, 0.1) is 17.8 Å². The maximum atomic E-state index is 6.96. The van der Waals surface area contributed by atoms with Gasteiger partial charge in [-0.25, -0.2) is 0 Å². The monoisotopic (exact) mass is 570 g/mol. The fourth-order valence-electron chi connectivity index (χ4n) is 5.88. The third-order valence-electron chi connectivity index (χ3n) is 9.30. The first-order valence-corrected chi connectivity index (χ1v) is 17.9. The van der Waals surface area contributed by atoms with Gasteiger partial charge in [-0.05, 0) is 84.6 Å². The van der Waals surface area contributed by atoms with Crippen molar-refractivity contribution in [3.05, 3.63) is 46.5 Å². The van der Waals surface area contributed by atoms with Crippen LogP contribution in [-0.4, -0.2) is 12.7 Å². The molecule has 0 saturated heterocycles. The molecule has 0 saturated carbocycles. The minimum atomic E-state index is -1.49. The molecule has 6 atom stereocenters. The molecule has 3 nitrogen and oxygen atoms in total. The standard InChI is InChI=1S/C36H59O3P/c1-9-15-18-28(14-6)25-37-40-38-35-29(19-16-10-2)21-31(26(7)12-4)23-33(35)34-24-32(27(8)13-5)22-30(20-17-11-3)36(34)39-40/h21-24,26-29,35H,9-20,25H2,1-8H3. The predicted octanol–water partition coefficient (Wildman–Crippen LogP) is 12.0. The van der Waals surface area contributed by atoms with Crippen molar-refractivity contribution < 1.29 is 13.6 Å². The van der Waals surface area contributed by atoms with Crippen molar-refractivity contribution in [2.75, 3.05) is 6.61 Å². The van der Waals surface area contributed by atoms with Gasteiger partial charge in [0.25, 0.3) is 0 Å². The fourth-order valence-corrected chi connectivity index (χ4v) is 7.19. The molecule has 1 aliphatic heterocycles. The highest BCUT2D eigenvalue weighted by atomic mass is 31.2. The lowest BCUT2D eigenvalue weighted by molar-refractivity contribution is 0.137. The summed E-state index contributed by atoms with van der Waals surface area (Å²) in [6.07, 6.45) is 19.0. The predicted molar refractivity (Wildman–Crippen MR) is 174 cm³/mol. The smallest absolute Gasteiger partial charge is 0.397 e. The molecule has 0 amide bonds. The molecule has 0 radical (unpaired) electrons. The normalized spacial score (nSPS) is 22.8. The van der Waals surface area contributed by atoms with E-state index >= 15 is 0 Å². The number of allylic oxidation sites excluding steroid dienone is 2. The second-order valence-electron chi connectivity index (χ2n) is 12.4. The Morgan fingerprint density at radius 2 is 1.60 bits per heavy atom. The Morgan fingerprint density at radius 1 is 0.875 bits per heavy atom. The third kappa shape index (κ3) is 8.68. The van der Waals surface area contributed by atoms with Crippen molar-refractivity contribution in [3.8, 4) is 5.75 Å². The molecule has 40 heavy (non-hydrogen) atoms. The molecule has 0 N–H and O–H groups in total. The van der Waals surface area contributed by atoms with E-state index in [-0.39, 0.29) is 6.10 Å². The molecule has 3 rings (SSSR count). The fraction of sp³-hybridized carbons (Fsp3) is 0.722. The van der Waals surface area contributed by atoms with Gasteiger partial charge in [-0.1, -0.05) is 112 Å². The number of fused-ring (bicyclic) bond motifs is 3. The zero-order chi connectivity index (χ0) is 29.1. The largest absolute Gasteiger partial charge is 0.426 e. The number of unbranched alkanes of at least 4 members (excludes halogenated alkanes) is 3. The van der Waals surface area contributed by atoms with Crippen LogP contribution in [0.15, 0.2) is 29.9 Å². The van der Waals surface area contributed by atoms with Gasteiger partial charge in [0.1, 0.15) is 5.75 Å². The van der Waals surface area contributed by atoms with Crippen molar-refractivity contribution in [3.63, 3.8) is 0 Å². The first-order chi connectivity index (χ1) is 19.4. The lowest BCUT2D eigenvalue weighted by Crippen LogP contribution is -2.26. The Hall–Kier alpha value is -1.15. The summed E-state index contributed by atoms with van der Waals surface area (Å²) in [7, 11) is -1.49. The van der Waals surface area contributed by atoms with E-state index in [0.29, 0.717) is 30.3 Å². The van der Waals surface area contributed by atoms with Crippen LogP contribution >= 0.6 is 8.60 Å². The number of aryl methyl sites for hydroxylation is 1. The molecule has 6 unspecified atom stereocenters. The zero-order valence-electron chi connectivity index (χ0n) is 27.1. The topological polar surface area (TPSA) is 27.7 Å². The van der Waals surface area contributed by atoms with Gasteiger partial charge in [-0.2, -0.15) is 0 Å². The van der Waals surface area contributed by atoms with Crippen LogP contribution in [0.1, 0.15) is 149 Å². The summed E-state index contributed by atoms with van der Waals surface area (Å²) in [6, 6.07) is 4.86. The minimum Gasteiger partial charge on any atom is -0.426 e. The van der Waals surface area contributed by atoms with E-state index in [2.05, 4.69) is 79.7 Å². The van der Waals surface area contributed by atoms with Crippen LogP contribution in [0.4, 0.5) is 0 Å². The summed E-state index contributed by atoms with van der Waals surface area (Å²) in [6.45, 7) is 19.2. The molecule has 0 bridgehead atoms. The Balaban J connectivity index is 2.12. The summed E-state index contributed by atoms with van der Waals surface area (Å²) in [5, 5.41) is 0. The molecule has 1 aromatic carbocycles. The van der Waals surface area contributed by atoms with E-state index in [1.165, 1.54) is 66.4 Å². The number of hydrogen-bond donors (Lipinski definition) is 0. The molecule has 1 heterocycles. The van der Waals surface area contributed by atoms with Crippen molar-refractivity contribution in [2.24, 2.45) is 17.8 Å². The van der Waals surface area contributed by atoms with Crippen LogP contribution in [0.25, 0.3) is 5.57 Å². The van der Waals surface area contributed by atoms with Crippen LogP contribution in [0.5, 0.6) is 5.75 Å². The Bertz CT molecular complexity index is 967. The second-order valence-corrected chi connectivity index (χ2v) is 13.5. The first kappa shape index (κ1) is 33.4. The molecule has 2 aliphatic rings. The summed E-state index contributed by atoms with van der Waals surface area (Å²) in [4.78, 5) is 0. The summed E-state index contributed by atoms with van der Waals surface area (Å²) in [5.74, 6) is 2.98. The van der Waals surface area contributed by atoms with Gasteiger partial charge >= 0.3 is 8.60 Å². The maximum absolute atomic E-state index is 6.96. The zero-order valence-corrected chi connectivity index (χ0v) is 28.0. The maximum Gasteiger partial charge on any atom is 0.397 e. The van der Waals surface area contributed by atoms with Gasteiger partial charge < -0.3 is 9.05 Å². The molecule has 0 fully saturated rings. The van der Waals surface area contributed by atoms with Gasteiger partial charge in [-0.15, -0.1) is 0 Å². The van der Waals surface area contributed by atoms with Crippen molar-refractivity contribution in [2.45, 2.75) is 144 Å². The third-order valence-corrected chi connectivity index (χ3v) is 10.4. The van der Waals surface area contributed by atoms with Crippen LogP contribution < -0.4 is 4.52 Å². The summed E-state index contributed by atoms with van der Waals surface area (Å²) >= 11 is 0. The lowest BCUT2D eigenvalue weighted by Gasteiger charge is -2.32. The van der Waals surface area contributed by atoms with Crippen molar-refractivity contribution in [1.82, 2.24) is 0 Å². The molecule has 1 aliphatic carbocycles. The Labute approximate surface area is 248 Å². The SMILES string of the molecule is CCCCc1cc(C(C)CC)cc2c1OP(OCC(CC)CCCC)OC1C2=CC(C(C)CC)=CC1CCCC. The molecule has 226 valence electrons. The minimum absolute atomic E-state index is 0.0198. The van der Waals surface area contributed by atoms with Crippen molar-refractivity contribution in [1.29, 1.82) is 0 Å². The first-order valence-electron chi connectivity index (χ1n) is 16.8. The Morgan fingerprint density at radius 3 is 2.25 bits per heavy atom. The van der Waals surface area contributed by atoms with Crippen molar-refractivity contribution >= 4 is 14.2 Å². The van der Waals surface area contributed by atoms with Gasteiger partial charge in [0, 0.05) is 11.5 Å². The van der Waals surface area contributed by atoms with E-state index in [0.717, 1.165) is 44.3 Å². The van der Waals surface area contributed by atoms with Gasteiger partial charge in [0.15, 0.2) is 0 Å². The second kappa shape index (κ2) is 17.1. The lowest BCUT2D eigenvalue weighted by atomic mass is 9.77. The molecule has 0 aromatic heterocycles. The molecule has 1 aromatic rings. The Kier molecular flexibility index (Phi) is 14.2. The molecular formula is C36H59O3P. The van der Waals surface area contributed by atoms with Crippen LogP contribution in [-0.2, 0) is 15.5 Å². The van der Waals surface area contributed by atoms with E-state index in [4.69, 9.17) is 13.6 Å². The summed E-state index contributed by atoms with van der Waals surface area (Å²) in [5.41, 5.74) is 6.81. The van der Waals surface area contributed by atoms with E-state index in [1.807, 2.05) is 0 Å². The number of hydrogen-bond acceptors (Lipinski definition) is 3. The quantitative estimate of drug-likeness (QED) is 0.174. The number of rotatable bonds is 17. The average Bonchev–Trinajstić information content (AvgIpc) is 3.14. The average molecular weight is 571 g/mol.